The van der Waals surface area contributed by atoms with Crippen molar-refractivity contribution in [1.29, 1.82) is 0 Å². The van der Waals surface area contributed by atoms with Crippen LogP contribution in [0.3, 0.4) is 0 Å². The fourth-order valence-corrected chi connectivity index (χ4v) is 8.92. The fraction of sp³-hybridized carbons (Fsp3) is 0.0286. The van der Waals surface area contributed by atoms with Crippen LogP contribution in [0.5, 0.6) is 11.5 Å². The highest BCUT2D eigenvalue weighted by Gasteiger charge is 2.67. The first-order valence-corrected chi connectivity index (χ1v) is 14.7. The lowest BCUT2D eigenvalue weighted by atomic mass is 9.85. The lowest BCUT2D eigenvalue weighted by Gasteiger charge is -2.30. The summed E-state index contributed by atoms with van der Waals surface area (Å²) in [4.78, 5) is 19.6. The van der Waals surface area contributed by atoms with E-state index in [4.69, 9.17) is 24.7 Å². The van der Waals surface area contributed by atoms with E-state index in [-0.39, 0.29) is 0 Å². The van der Waals surface area contributed by atoms with Gasteiger partial charge in [-0.3, -0.25) is 0 Å². The number of para-hydroxylation sites is 4. The Balaban J connectivity index is 1.45. The fourth-order valence-electron chi connectivity index (χ4n) is 8.92. The van der Waals surface area contributed by atoms with E-state index < -0.39 is 5.66 Å². The van der Waals surface area contributed by atoms with Gasteiger partial charge in [0.25, 0.3) is 11.3 Å². The zero-order chi connectivity index (χ0) is 28.1. The first-order chi connectivity index (χ1) is 21.9. The Bertz CT molecular complexity index is 2890. The zero-order valence-electron chi connectivity index (χ0n) is 22.7. The van der Waals surface area contributed by atoms with E-state index in [0.717, 1.165) is 99.9 Å². The summed E-state index contributed by atoms with van der Waals surface area (Å²) in [5, 5.41) is 4.41. The third-order valence-electron chi connectivity index (χ3n) is 10.2. The van der Waals surface area contributed by atoms with Gasteiger partial charge in [-0.15, -0.1) is 0 Å². The second-order valence-electron chi connectivity index (χ2n) is 11.9. The molecule has 9 heterocycles. The van der Waals surface area contributed by atoms with Crippen LogP contribution in [0.4, 0.5) is 0 Å². The van der Waals surface area contributed by atoms with Crippen molar-refractivity contribution in [2.24, 2.45) is 0 Å². The molecule has 6 aromatic heterocycles. The molecule has 3 aliphatic rings. The molecule has 0 radical (unpaired) electrons. The van der Waals surface area contributed by atoms with E-state index >= 15 is 0 Å². The Morgan fingerprint density at radius 2 is 1.02 bits per heavy atom. The van der Waals surface area contributed by atoms with Gasteiger partial charge in [0, 0.05) is 35.6 Å². The van der Waals surface area contributed by atoms with Gasteiger partial charge in [-0.2, -0.15) is 17.9 Å². The van der Waals surface area contributed by atoms with Crippen molar-refractivity contribution < 1.29 is 13.9 Å². The summed E-state index contributed by atoms with van der Waals surface area (Å²) in [7, 11) is 0. The molecule has 0 saturated carbocycles. The van der Waals surface area contributed by atoms with Crippen LogP contribution in [0.25, 0.3) is 77.2 Å². The molecular weight excluding hydrogens is 548 g/mol. The molecule has 9 heteroatoms. The average molecular weight is 565 g/mol. The van der Waals surface area contributed by atoms with Gasteiger partial charge in [0.1, 0.15) is 33.7 Å². The van der Waals surface area contributed by atoms with E-state index in [2.05, 4.69) is 90.7 Å². The van der Waals surface area contributed by atoms with Crippen molar-refractivity contribution in [3.05, 3.63) is 109 Å². The molecule has 10 aromatic rings. The number of pyridine rings is 2. The molecule has 0 fully saturated rings. The largest absolute Gasteiger partial charge is 0.456 e. The molecule has 9 nitrogen and oxygen atoms in total. The van der Waals surface area contributed by atoms with Crippen molar-refractivity contribution in [1.82, 2.24) is 28.7 Å². The molecule has 0 saturated heterocycles. The Hall–Kier alpha value is -6.22. The van der Waals surface area contributed by atoms with E-state index in [0.29, 0.717) is 0 Å². The Kier molecular flexibility index (Phi) is 2.93. The van der Waals surface area contributed by atoms with Gasteiger partial charge < -0.3 is 4.74 Å². The standard InChI is InChI=1S/C35H16N8O/c1-3-7-21-19(5-1)40-31-29(36-13-15-38-31)17-9-11-23-27-25(17)33(40)42(21)35(27)28-24(44-23)12-10-18-26(28)34-41(32-30(18)37-14-16-39-32)20-6-2-4-8-22(20)43(34)35/h1-16H/q+2. The smallest absolute Gasteiger partial charge is 0.316 e. The minimum Gasteiger partial charge on any atom is -0.456 e. The maximum absolute atomic E-state index is 6.88. The van der Waals surface area contributed by atoms with Gasteiger partial charge in [-0.05, 0) is 48.5 Å². The first kappa shape index (κ1) is 20.6. The summed E-state index contributed by atoms with van der Waals surface area (Å²) in [6, 6.07) is 25.8. The molecule has 13 rings (SSSR count). The lowest BCUT2D eigenvalue weighted by Crippen LogP contribution is -2.71. The maximum Gasteiger partial charge on any atom is 0.316 e. The van der Waals surface area contributed by atoms with E-state index in [1.807, 2.05) is 0 Å². The molecule has 0 unspecified atom stereocenters. The van der Waals surface area contributed by atoms with Crippen LogP contribution in [-0.2, 0) is 5.66 Å². The Morgan fingerprint density at radius 1 is 0.545 bits per heavy atom. The van der Waals surface area contributed by atoms with E-state index in [1.54, 1.807) is 24.8 Å². The van der Waals surface area contributed by atoms with Gasteiger partial charge in [0.15, 0.2) is 22.1 Å². The predicted molar refractivity (Wildman–Crippen MR) is 163 cm³/mol. The number of ether oxygens (including phenoxy) is 1. The normalized spacial score (nSPS) is 15.2. The molecule has 0 N–H and O–H groups in total. The maximum atomic E-state index is 6.88. The number of benzene rings is 4. The molecule has 0 bridgehead atoms. The molecule has 0 amide bonds. The van der Waals surface area contributed by atoms with Gasteiger partial charge >= 0.3 is 17.0 Å². The minimum atomic E-state index is -0.774. The van der Waals surface area contributed by atoms with Crippen LogP contribution < -0.4 is 13.9 Å². The third kappa shape index (κ3) is 1.78. The minimum absolute atomic E-state index is 0.774. The van der Waals surface area contributed by atoms with Crippen molar-refractivity contribution in [2.75, 3.05) is 0 Å². The van der Waals surface area contributed by atoms with Crippen LogP contribution in [-0.4, -0.2) is 28.7 Å². The number of hydrogen-bond donors (Lipinski definition) is 0. The average Bonchev–Trinajstić information content (AvgIpc) is 3.79. The van der Waals surface area contributed by atoms with Crippen molar-refractivity contribution in [2.45, 2.75) is 5.66 Å². The van der Waals surface area contributed by atoms with Crippen molar-refractivity contribution in [3.8, 4) is 11.5 Å². The number of rotatable bonds is 0. The van der Waals surface area contributed by atoms with Gasteiger partial charge in [0.05, 0.1) is 10.8 Å². The van der Waals surface area contributed by atoms with E-state index in [9.17, 15) is 0 Å². The SMILES string of the molecule is c1ccc2c(c1)n1c3nccnc3c3ccc4c5c3c1[n+]2C51c2c(ccc3c5nccnc5n5c6ccccc6[n+]1c5c23)O4. The van der Waals surface area contributed by atoms with Crippen LogP contribution in [0.2, 0.25) is 0 Å². The number of hydrogen-bond acceptors (Lipinski definition) is 5. The van der Waals surface area contributed by atoms with E-state index in [1.165, 1.54) is 0 Å². The van der Waals surface area contributed by atoms with Crippen LogP contribution in [0, 0.1) is 0 Å². The van der Waals surface area contributed by atoms with Crippen LogP contribution >= 0.6 is 0 Å². The van der Waals surface area contributed by atoms with Crippen molar-refractivity contribution in [3.63, 3.8) is 0 Å². The summed E-state index contributed by atoms with van der Waals surface area (Å²) in [6.45, 7) is 0. The predicted octanol–water partition coefficient (Wildman–Crippen LogP) is 5.30. The first-order valence-electron chi connectivity index (χ1n) is 14.7. The topological polar surface area (TPSA) is 77.4 Å². The second-order valence-corrected chi connectivity index (χ2v) is 11.9. The summed E-state index contributed by atoms with van der Waals surface area (Å²) in [5.74, 6) is 1.71. The van der Waals surface area contributed by atoms with Crippen molar-refractivity contribution >= 4 is 77.2 Å². The number of aromatic nitrogens is 8. The van der Waals surface area contributed by atoms with Crippen LogP contribution in [0.15, 0.2) is 97.6 Å². The molecule has 44 heavy (non-hydrogen) atoms. The molecule has 0 atom stereocenters. The quantitative estimate of drug-likeness (QED) is 0.185. The number of nitrogens with zero attached hydrogens (tertiary/aromatic N) is 8. The third-order valence-corrected chi connectivity index (χ3v) is 10.2. The highest BCUT2D eigenvalue weighted by atomic mass is 16.5. The van der Waals surface area contributed by atoms with Crippen LogP contribution in [0.1, 0.15) is 11.1 Å². The monoisotopic (exact) mass is 564 g/mol. The summed E-state index contributed by atoms with van der Waals surface area (Å²) in [6.07, 6.45) is 7.14. The highest BCUT2D eigenvalue weighted by Crippen LogP contribution is 2.58. The summed E-state index contributed by atoms with van der Waals surface area (Å²) in [5.41, 5.74) is 11.5. The molecular formula is C35H16N8O+2. The number of imidazole rings is 2. The summed E-state index contributed by atoms with van der Waals surface area (Å²) < 4.78 is 16.5. The molecule has 3 aliphatic heterocycles. The molecule has 200 valence electrons. The Labute approximate surface area is 245 Å². The lowest BCUT2D eigenvalue weighted by molar-refractivity contribution is -0.923. The highest BCUT2D eigenvalue weighted by molar-refractivity contribution is 6.17. The van der Waals surface area contributed by atoms with Gasteiger partial charge in [-0.1, -0.05) is 24.3 Å². The molecule has 4 aromatic carbocycles. The summed E-state index contributed by atoms with van der Waals surface area (Å²) >= 11 is 0. The zero-order valence-corrected chi connectivity index (χ0v) is 22.7. The molecule has 0 aliphatic carbocycles. The Morgan fingerprint density at radius 3 is 1.55 bits per heavy atom. The number of fused-ring (bicyclic) bond motifs is 12. The molecule has 1 spiro atoms. The van der Waals surface area contributed by atoms with Gasteiger partial charge in [-0.25, -0.2) is 19.9 Å². The second kappa shape index (κ2) is 6.25. The van der Waals surface area contributed by atoms with Gasteiger partial charge in [0.2, 0.25) is 0 Å².